The van der Waals surface area contributed by atoms with E-state index in [1.165, 1.54) is 0 Å². The zero-order chi connectivity index (χ0) is 8.31. The fraction of sp³-hybridized carbons (Fsp3) is 0.500. The van der Waals surface area contributed by atoms with Crippen LogP contribution in [0.25, 0.3) is 0 Å². The van der Waals surface area contributed by atoms with Crippen LogP contribution in [-0.2, 0) is 9.59 Å². The van der Waals surface area contributed by atoms with Crippen molar-refractivity contribution in [3.8, 4) is 0 Å². The van der Waals surface area contributed by atoms with E-state index in [9.17, 15) is 9.59 Å². The van der Waals surface area contributed by atoms with Crippen LogP contribution in [0.2, 0.25) is 0 Å². The van der Waals surface area contributed by atoms with Crippen molar-refractivity contribution in [1.29, 1.82) is 0 Å². The van der Waals surface area contributed by atoms with Gasteiger partial charge in [-0.05, 0) is 0 Å². The summed E-state index contributed by atoms with van der Waals surface area (Å²) in [6, 6.07) is 0. The van der Waals surface area contributed by atoms with E-state index in [4.69, 9.17) is 20.4 Å². The number of carboxylic acid groups (broad SMARTS) is 2. The molecule has 0 saturated heterocycles. The van der Waals surface area contributed by atoms with Gasteiger partial charge in [0.05, 0.1) is 0 Å². The fourth-order valence-electron chi connectivity index (χ4n) is 0.270. The van der Waals surface area contributed by atoms with E-state index in [-0.39, 0.29) is 56.9 Å². The molecule has 0 bridgehead atoms. The Morgan fingerprint density at radius 1 is 0.917 bits per heavy atom. The second-order valence-corrected chi connectivity index (χ2v) is 1.57. The van der Waals surface area contributed by atoms with Gasteiger partial charge in [0.1, 0.15) is 0 Å². The van der Waals surface area contributed by atoms with Crippen LogP contribution < -0.4 is 0 Å². The molecular weight excluding hydrogens is 199 g/mol. The molecule has 7 nitrogen and oxygen atoms in total. The summed E-state index contributed by atoms with van der Waals surface area (Å²) in [5.41, 5.74) is 0. The maximum Gasteiger partial charge on any atom is 0.335 e. The molecule has 0 heterocycles. The number of aliphatic carboxylic acids is 2. The Bertz CT molecular complexity index is 139. The molecule has 0 aliphatic rings. The number of carbonyl (C=O) groups is 2. The van der Waals surface area contributed by atoms with Gasteiger partial charge in [0.15, 0.2) is 12.2 Å². The van der Waals surface area contributed by atoms with E-state index >= 15 is 0 Å². The van der Waals surface area contributed by atoms with Gasteiger partial charge in [-0.25, -0.2) is 9.59 Å². The molecule has 0 rings (SSSR count). The molecule has 0 spiro atoms. The molecular formula is C4H8KO7. The van der Waals surface area contributed by atoms with Crippen molar-refractivity contribution >= 4 is 63.3 Å². The average molecular weight is 207 g/mol. The first-order chi connectivity index (χ1) is 4.46. The first-order valence-electron chi connectivity index (χ1n) is 2.28. The molecule has 0 fully saturated rings. The van der Waals surface area contributed by atoms with E-state index in [1.54, 1.807) is 0 Å². The molecule has 1 radical (unpaired) electrons. The van der Waals surface area contributed by atoms with Crippen LogP contribution in [-0.4, -0.2) is 101 Å². The van der Waals surface area contributed by atoms with Gasteiger partial charge >= 0.3 is 11.9 Å². The third-order valence-corrected chi connectivity index (χ3v) is 0.805. The summed E-state index contributed by atoms with van der Waals surface area (Å²) in [5.74, 6) is -3.54. The predicted molar refractivity (Wildman–Crippen MR) is 36.7 cm³/mol. The van der Waals surface area contributed by atoms with Gasteiger partial charge in [0.25, 0.3) is 0 Å². The van der Waals surface area contributed by atoms with Crippen LogP contribution in [0.3, 0.4) is 0 Å². The van der Waals surface area contributed by atoms with Crippen molar-refractivity contribution in [3.05, 3.63) is 0 Å². The number of aliphatic hydroxyl groups is 2. The zero-order valence-electron chi connectivity index (χ0n) is 6.26. The smallest absolute Gasteiger partial charge is 0.335 e. The number of hydrogen-bond acceptors (Lipinski definition) is 4. The monoisotopic (exact) mass is 207 g/mol. The Kier molecular flexibility index (Phi) is 12.3. The van der Waals surface area contributed by atoms with Gasteiger partial charge in [0.2, 0.25) is 0 Å². The number of hydrogen-bond donors (Lipinski definition) is 4. The van der Waals surface area contributed by atoms with E-state index in [0.29, 0.717) is 0 Å². The average Bonchev–Trinajstić information content (AvgIpc) is 1.84. The molecule has 0 aromatic carbocycles. The molecule has 0 amide bonds. The molecule has 67 valence electrons. The van der Waals surface area contributed by atoms with Crippen molar-refractivity contribution in [3.63, 3.8) is 0 Å². The van der Waals surface area contributed by atoms with E-state index < -0.39 is 24.1 Å². The van der Waals surface area contributed by atoms with Crippen LogP contribution >= 0.6 is 0 Å². The maximum atomic E-state index is 9.77. The van der Waals surface area contributed by atoms with E-state index in [1.807, 2.05) is 0 Å². The Morgan fingerprint density at radius 3 is 1.17 bits per heavy atom. The minimum absolute atomic E-state index is 0. The van der Waals surface area contributed by atoms with E-state index in [2.05, 4.69) is 0 Å². The van der Waals surface area contributed by atoms with Crippen molar-refractivity contribution in [2.24, 2.45) is 0 Å². The van der Waals surface area contributed by atoms with Crippen LogP contribution in [0.4, 0.5) is 0 Å². The molecule has 0 aromatic heterocycles. The zero-order valence-corrected chi connectivity index (χ0v) is 9.38. The fourth-order valence-corrected chi connectivity index (χ4v) is 0.270. The first-order valence-corrected chi connectivity index (χ1v) is 2.28. The molecule has 2 unspecified atom stereocenters. The van der Waals surface area contributed by atoms with Gasteiger partial charge < -0.3 is 25.9 Å². The second kappa shape index (κ2) is 8.07. The quantitative estimate of drug-likeness (QED) is 0.356. The Hall–Kier alpha value is 0.456. The Morgan fingerprint density at radius 2 is 1.08 bits per heavy atom. The van der Waals surface area contributed by atoms with Gasteiger partial charge in [-0.2, -0.15) is 0 Å². The number of carboxylic acids is 2. The minimum Gasteiger partial charge on any atom is -0.479 e. The molecule has 6 N–H and O–H groups in total. The van der Waals surface area contributed by atoms with Crippen LogP contribution in [0.15, 0.2) is 0 Å². The third kappa shape index (κ3) is 6.03. The van der Waals surface area contributed by atoms with E-state index in [0.717, 1.165) is 0 Å². The normalized spacial score (nSPS) is 13.2. The molecule has 8 heteroatoms. The van der Waals surface area contributed by atoms with Crippen molar-refractivity contribution < 1.29 is 35.5 Å². The molecule has 0 aliphatic carbocycles. The minimum atomic E-state index is -2.27. The molecule has 0 aromatic rings. The molecule has 0 aliphatic heterocycles. The summed E-state index contributed by atoms with van der Waals surface area (Å²) >= 11 is 0. The Labute approximate surface area is 110 Å². The van der Waals surface area contributed by atoms with Crippen molar-refractivity contribution in [1.82, 2.24) is 0 Å². The number of rotatable bonds is 3. The predicted octanol–water partition coefficient (Wildman–Crippen LogP) is -3.33. The largest absolute Gasteiger partial charge is 0.479 e. The summed E-state index contributed by atoms with van der Waals surface area (Å²) in [5, 5.41) is 32.5. The van der Waals surface area contributed by atoms with Crippen LogP contribution in [0.5, 0.6) is 0 Å². The SMILES string of the molecule is O.O=C(O)C(O)C(O)C(=O)O.[K]. The standard InChI is InChI=1S/C4H6O6.K.H2O/c5-1(3(7)8)2(6)4(9)10;;/h1-2,5-6H,(H,7,8)(H,9,10);;1H2. The molecule has 12 heavy (non-hydrogen) atoms. The second-order valence-electron chi connectivity index (χ2n) is 1.57. The molecule has 0 saturated carbocycles. The summed E-state index contributed by atoms with van der Waals surface area (Å²) in [4.78, 5) is 19.5. The van der Waals surface area contributed by atoms with Gasteiger partial charge in [-0.3, -0.25) is 0 Å². The molecule has 2 atom stereocenters. The van der Waals surface area contributed by atoms with Gasteiger partial charge in [-0.15, -0.1) is 0 Å². The van der Waals surface area contributed by atoms with Crippen LogP contribution in [0.1, 0.15) is 0 Å². The first kappa shape index (κ1) is 18.3. The summed E-state index contributed by atoms with van der Waals surface area (Å²) in [7, 11) is 0. The summed E-state index contributed by atoms with van der Waals surface area (Å²) < 4.78 is 0. The van der Waals surface area contributed by atoms with Gasteiger partial charge in [-0.1, -0.05) is 0 Å². The van der Waals surface area contributed by atoms with Crippen LogP contribution in [0, 0.1) is 0 Å². The maximum absolute atomic E-state index is 9.77. The topological polar surface area (TPSA) is 147 Å². The van der Waals surface area contributed by atoms with Gasteiger partial charge in [0, 0.05) is 51.4 Å². The summed E-state index contributed by atoms with van der Waals surface area (Å²) in [6.45, 7) is 0. The third-order valence-electron chi connectivity index (χ3n) is 0.805. The number of aliphatic hydroxyl groups excluding tert-OH is 2. The Balaban J connectivity index is -0.000000405. The van der Waals surface area contributed by atoms with Crippen molar-refractivity contribution in [2.75, 3.05) is 0 Å². The summed E-state index contributed by atoms with van der Waals surface area (Å²) in [6.07, 6.45) is -4.53. The van der Waals surface area contributed by atoms with Crippen molar-refractivity contribution in [2.45, 2.75) is 12.2 Å².